The van der Waals surface area contributed by atoms with Crippen molar-refractivity contribution in [3.8, 4) is 11.5 Å². The second kappa shape index (κ2) is 11.7. The zero-order valence-corrected chi connectivity index (χ0v) is 22.6. The van der Waals surface area contributed by atoms with Crippen LogP contribution in [0, 0.1) is 23.7 Å². The van der Waals surface area contributed by atoms with Crippen LogP contribution in [0.4, 0.5) is 0 Å². The maximum atomic E-state index is 13.5. The van der Waals surface area contributed by atoms with E-state index in [1.165, 1.54) is 0 Å². The van der Waals surface area contributed by atoms with Gasteiger partial charge in [-0.15, -0.1) is 0 Å². The molecular weight excluding hydrogens is 512 g/mol. The van der Waals surface area contributed by atoms with Gasteiger partial charge in [-0.25, -0.2) is 0 Å². The predicted octanol–water partition coefficient (Wildman–Crippen LogP) is 6.15. The maximum Gasteiger partial charge on any atom is 0.315 e. The molecular formula is C32H34O8. The van der Waals surface area contributed by atoms with E-state index in [2.05, 4.69) is 0 Å². The normalized spacial score (nSPS) is 23.0. The molecule has 2 aliphatic rings. The molecule has 0 spiro atoms. The topological polar surface area (TPSA) is 127 Å². The third-order valence-electron chi connectivity index (χ3n) is 8.57. The minimum absolute atomic E-state index is 0.300. The smallest absolute Gasteiger partial charge is 0.315 e. The Kier molecular flexibility index (Phi) is 8.05. The highest BCUT2D eigenvalue weighted by molar-refractivity contribution is 6.13. The lowest BCUT2D eigenvalue weighted by molar-refractivity contribution is -0.154. The number of carbonyl (C=O) groups is 4. The van der Waals surface area contributed by atoms with E-state index in [-0.39, 0.29) is 0 Å². The van der Waals surface area contributed by atoms with E-state index >= 15 is 0 Å². The Morgan fingerprint density at radius 1 is 0.650 bits per heavy atom. The first-order chi connectivity index (χ1) is 19.3. The molecule has 0 aliphatic heterocycles. The van der Waals surface area contributed by atoms with Gasteiger partial charge in [0.15, 0.2) is 0 Å². The summed E-state index contributed by atoms with van der Waals surface area (Å²) in [6.45, 7) is 2.00. The number of hydrogen-bond donors (Lipinski definition) is 2. The van der Waals surface area contributed by atoms with Crippen LogP contribution in [0.2, 0.25) is 0 Å². The summed E-state index contributed by atoms with van der Waals surface area (Å²) in [6.07, 6.45) is 5.54. The molecule has 4 unspecified atom stereocenters. The number of hydrogen-bond acceptors (Lipinski definition) is 6. The summed E-state index contributed by atoms with van der Waals surface area (Å²) in [5, 5.41) is 21.7. The van der Waals surface area contributed by atoms with Gasteiger partial charge in [0, 0.05) is 21.5 Å². The zero-order valence-electron chi connectivity index (χ0n) is 22.6. The van der Waals surface area contributed by atoms with Gasteiger partial charge in [-0.05, 0) is 43.7 Å². The number of carboxylic acid groups (broad SMARTS) is 2. The van der Waals surface area contributed by atoms with Crippen LogP contribution in [-0.4, -0.2) is 34.1 Å². The number of carbonyl (C=O) groups excluding carboxylic acids is 2. The van der Waals surface area contributed by atoms with Crippen LogP contribution in [0.25, 0.3) is 21.5 Å². The van der Waals surface area contributed by atoms with Crippen LogP contribution >= 0.6 is 0 Å². The molecule has 0 heterocycles. The number of esters is 2. The average molecular weight is 547 g/mol. The maximum absolute atomic E-state index is 13.5. The van der Waals surface area contributed by atoms with E-state index in [1.54, 1.807) is 24.3 Å². The Morgan fingerprint density at radius 3 is 1.52 bits per heavy atom. The lowest BCUT2D eigenvalue weighted by Crippen LogP contribution is -2.35. The minimum atomic E-state index is -0.992. The molecule has 5 rings (SSSR count). The molecule has 2 fully saturated rings. The first-order valence-corrected chi connectivity index (χ1v) is 14.2. The highest BCUT2D eigenvalue weighted by Gasteiger charge is 2.39. The fraction of sp³-hybridized carbons (Fsp3) is 0.438. The van der Waals surface area contributed by atoms with E-state index in [0.29, 0.717) is 58.7 Å². The molecule has 8 heteroatoms. The summed E-state index contributed by atoms with van der Waals surface area (Å²) in [7, 11) is 0. The number of carboxylic acids is 2. The van der Waals surface area contributed by atoms with Crippen molar-refractivity contribution in [2.24, 2.45) is 23.7 Å². The molecule has 3 aromatic carbocycles. The number of aliphatic carboxylic acids is 2. The van der Waals surface area contributed by atoms with Crippen molar-refractivity contribution >= 4 is 45.4 Å². The molecule has 0 aromatic heterocycles. The third kappa shape index (κ3) is 5.27. The van der Waals surface area contributed by atoms with E-state index in [1.807, 2.05) is 25.1 Å². The number of benzene rings is 3. The third-order valence-corrected chi connectivity index (χ3v) is 8.57. The second-order valence-corrected chi connectivity index (χ2v) is 11.0. The zero-order chi connectivity index (χ0) is 28.4. The Bertz CT molecular complexity index is 1470. The van der Waals surface area contributed by atoms with Crippen molar-refractivity contribution in [3.63, 3.8) is 0 Å². The van der Waals surface area contributed by atoms with Gasteiger partial charge in [-0.2, -0.15) is 0 Å². The van der Waals surface area contributed by atoms with Gasteiger partial charge in [-0.1, -0.05) is 69.0 Å². The van der Waals surface area contributed by atoms with Gasteiger partial charge in [0.25, 0.3) is 0 Å². The molecule has 3 aromatic rings. The molecule has 2 N–H and O–H groups in total. The van der Waals surface area contributed by atoms with E-state index in [0.717, 1.165) is 37.7 Å². The fourth-order valence-corrected chi connectivity index (χ4v) is 6.36. The summed E-state index contributed by atoms with van der Waals surface area (Å²) >= 11 is 0. The number of fused-ring (bicyclic) bond motifs is 2. The highest BCUT2D eigenvalue weighted by Crippen LogP contribution is 2.45. The lowest BCUT2D eigenvalue weighted by atomic mass is 9.79. The van der Waals surface area contributed by atoms with Gasteiger partial charge in [0.2, 0.25) is 0 Å². The molecule has 0 bridgehead atoms. The van der Waals surface area contributed by atoms with Crippen LogP contribution in [0.1, 0.15) is 63.9 Å². The average Bonchev–Trinajstić information content (AvgIpc) is 2.98. The van der Waals surface area contributed by atoms with E-state index in [9.17, 15) is 29.4 Å². The summed E-state index contributed by atoms with van der Waals surface area (Å²) in [5.74, 6) is -5.59. The predicted molar refractivity (Wildman–Crippen MR) is 148 cm³/mol. The minimum Gasteiger partial charge on any atom is -0.481 e. The first-order valence-electron chi connectivity index (χ1n) is 14.2. The standard InChI is InChI=1S/C32H34O8/c1-2-18-15-16-21-26(17-18)28(40-32(38)25-14-8-6-12-23(25)30(35)36)20-10-4-3-9-19(20)27(21)39-31(37)24-13-7-5-11-22(24)29(33)34/h3-4,9-10,15-17,22-25H,2,5-8,11-14H2,1H3,(H,33,34)(H,35,36). The van der Waals surface area contributed by atoms with Gasteiger partial charge in [-0.3, -0.25) is 19.2 Å². The molecule has 0 saturated heterocycles. The molecule has 210 valence electrons. The molecule has 2 aliphatic carbocycles. The van der Waals surface area contributed by atoms with Gasteiger partial charge < -0.3 is 19.7 Å². The van der Waals surface area contributed by atoms with Crippen LogP contribution in [0.5, 0.6) is 11.5 Å². The fourth-order valence-electron chi connectivity index (χ4n) is 6.36. The summed E-state index contributed by atoms with van der Waals surface area (Å²) in [4.78, 5) is 50.6. The van der Waals surface area contributed by atoms with E-state index < -0.39 is 47.5 Å². The van der Waals surface area contributed by atoms with Crippen molar-refractivity contribution in [1.29, 1.82) is 0 Å². The van der Waals surface area contributed by atoms with Crippen molar-refractivity contribution in [3.05, 3.63) is 48.0 Å². The highest BCUT2D eigenvalue weighted by atomic mass is 16.5. The van der Waals surface area contributed by atoms with Crippen LogP contribution in [-0.2, 0) is 25.6 Å². The molecule has 2 saturated carbocycles. The van der Waals surface area contributed by atoms with Crippen LogP contribution < -0.4 is 9.47 Å². The number of rotatable bonds is 7. The largest absolute Gasteiger partial charge is 0.481 e. The summed E-state index contributed by atoms with van der Waals surface area (Å²) < 4.78 is 12.1. The van der Waals surface area contributed by atoms with E-state index in [4.69, 9.17) is 9.47 Å². The quantitative estimate of drug-likeness (QED) is 0.205. The molecule has 4 atom stereocenters. The van der Waals surface area contributed by atoms with Gasteiger partial charge in [0.1, 0.15) is 11.5 Å². The molecule has 0 radical (unpaired) electrons. The van der Waals surface area contributed by atoms with Crippen molar-refractivity contribution in [2.45, 2.75) is 64.7 Å². The monoisotopic (exact) mass is 546 g/mol. The SMILES string of the molecule is CCc1ccc2c(OC(=O)C3CCCCC3C(=O)O)c3ccccc3c(OC(=O)C3CCCCC3C(=O)O)c2c1. The van der Waals surface area contributed by atoms with Gasteiger partial charge >= 0.3 is 23.9 Å². The number of ether oxygens (including phenoxy) is 2. The van der Waals surface area contributed by atoms with Crippen molar-refractivity contribution in [2.75, 3.05) is 0 Å². The van der Waals surface area contributed by atoms with Crippen molar-refractivity contribution < 1.29 is 38.9 Å². The number of aryl methyl sites for hydroxylation is 1. The Hall–Kier alpha value is -3.94. The van der Waals surface area contributed by atoms with Crippen LogP contribution in [0.3, 0.4) is 0 Å². The Morgan fingerprint density at radius 2 is 1.07 bits per heavy atom. The van der Waals surface area contributed by atoms with Gasteiger partial charge in [0.05, 0.1) is 23.7 Å². The molecule has 40 heavy (non-hydrogen) atoms. The summed E-state index contributed by atoms with van der Waals surface area (Å²) in [6, 6.07) is 12.8. The Balaban J connectivity index is 1.61. The van der Waals surface area contributed by atoms with Crippen LogP contribution in [0.15, 0.2) is 42.5 Å². The molecule has 8 nitrogen and oxygen atoms in total. The second-order valence-electron chi connectivity index (χ2n) is 11.0. The first kappa shape index (κ1) is 27.6. The Labute approximate surface area is 232 Å². The lowest BCUT2D eigenvalue weighted by Gasteiger charge is -2.28. The van der Waals surface area contributed by atoms with Crippen molar-refractivity contribution in [1.82, 2.24) is 0 Å². The summed E-state index contributed by atoms with van der Waals surface area (Å²) in [5.41, 5.74) is 0.983. The molecule has 0 amide bonds.